The van der Waals surface area contributed by atoms with Gasteiger partial charge in [-0.1, -0.05) is 26.2 Å². The van der Waals surface area contributed by atoms with Crippen molar-refractivity contribution in [3.8, 4) is 5.88 Å². The summed E-state index contributed by atoms with van der Waals surface area (Å²) in [4.78, 5) is 9.00. The van der Waals surface area contributed by atoms with Gasteiger partial charge in [0.2, 0.25) is 11.8 Å². The highest BCUT2D eigenvalue weighted by atomic mass is 16.5. The lowest BCUT2D eigenvalue weighted by Crippen LogP contribution is -2.18. The Balaban J connectivity index is 2.10. The fourth-order valence-corrected chi connectivity index (χ4v) is 3.27. The molecule has 0 spiro atoms. The third-order valence-electron chi connectivity index (χ3n) is 4.40. The Bertz CT molecular complexity index is 607. The minimum Gasteiger partial charge on any atom is -0.481 e. The van der Waals surface area contributed by atoms with E-state index in [0.29, 0.717) is 23.8 Å². The van der Waals surface area contributed by atoms with Crippen molar-refractivity contribution in [2.24, 2.45) is 5.92 Å². The first kappa shape index (κ1) is 13.2. The maximum atomic E-state index is 6.16. The van der Waals surface area contributed by atoms with E-state index in [4.69, 9.17) is 10.5 Å². The van der Waals surface area contributed by atoms with Crippen LogP contribution in [0.3, 0.4) is 0 Å². The zero-order chi connectivity index (χ0) is 14.1. The fraction of sp³-hybridized carbons (Fsp3) is 0.600. The van der Waals surface area contributed by atoms with Crippen LogP contribution in [-0.2, 0) is 0 Å². The molecule has 108 valence electrons. The highest BCUT2D eigenvalue weighted by molar-refractivity contribution is 5.75. The summed E-state index contributed by atoms with van der Waals surface area (Å²) in [6.07, 6.45) is 6.26. The van der Waals surface area contributed by atoms with Gasteiger partial charge in [-0.05, 0) is 24.8 Å². The van der Waals surface area contributed by atoms with E-state index in [-0.39, 0.29) is 0 Å². The van der Waals surface area contributed by atoms with Crippen molar-refractivity contribution in [1.29, 1.82) is 0 Å². The van der Waals surface area contributed by atoms with Crippen molar-refractivity contribution in [3.05, 3.63) is 12.1 Å². The molecule has 0 bridgehead atoms. The zero-order valence-electron chi connectivity index (χ0n) is 12.2. The number of nitrogens with two attached hydrogens (primary N) is 1. The predicted octanol–water partition coefficient (Wildman–Crippen LogP) is 3.16. The molecule has 1 aliphatic carbocycles. The van der Waals surface area contributed by atoms with Crippen LogP contribution in [0.2, 0.25) is 0 Å². The lowest BCUT2D eigenvalue weighted by Gasteiger charge is -2.24. The molecule has 2 N–H and O–H groups in total. The molecular weight excluding hydrogens is 252 g/mol. The molecule has 0 saturated heterocycles. The number of hydrogen-bond acceptors (Lipinski definition) is 4. The number of rotatable bonds is 2. The normalized spacial score (nSPS) is 23.7. The van der Waals surface area contributed by atoms with Crippen LogP contribution in [0.5, 0.6) is 5.88 Å². The van der Waals surface area contributed by atoms with Crippen LogP contribution in [0, 0.1) is 5.92 Å². The average Bonchev–Trinajstić information content (AvgIpc) is 2.62. The van der Waals surface area contributed by atoms with Crippen molar-refractivity contribution in [2.75, 3.05) is 12.8 Å². The van der Waals surface area contributed by atoms with E-state index in [0.717, 1.165) is 17.6 Å². The van der Waals surface area contributed by atoms with Gasteiger partial charge in [-0.3, -0.25) is 4.57 Å². The number of anilines is 1. The van der Waals surface area contributed by atoms with Crippen molar-refractivity contribution >= 4 is 17.1 Å². The monoisotopic (exact) mass is 274 g/mol. The van der Waals surface area contributed by atoms with E-state index < -0.39 is 0 Å². The summed E-state index contributed by atoms with van der Waals surface area (Å²) in [5, 5.41) is 0. The quantitative estimate of drug-likeness (QED) is 0.854. The summed E-state index contributed by atoms with van der Waals surface area (Å²) in [6, 6.07) is 4.15. The summed E-state index contributed by atoms with van der Waals surface area (Å²) < 4.78 is 7.35. The average molecular weight is 274 g/mol. The number of hydrogen-bond donors (Lipinski definition) is 1. The van der Waals surface area contributed by atoms with Gasteiger partial charge >= 0.3 is 0 Å². The molecule has 2 aromatic rings. The molecule has 2 unspecified atom stereocenters. The van der Waals surface area contributed by atoms with Gasteiger partial charge < -0.3 is 10.5 Å². The van der Waals surface area contributed by atoms with Crippen LogP contribution < -0.4 is 10.5 Å². The van der Waals surface area contributed by atoms with Gasteiger partial charge in [-0.2, -0.15) is 4.98 Å². The van der Waals surface area contributed by atoms with E-state index in [2.05, 4.69) is 21.5 Å². The molecule has 0 radical (unpaired) electrons. The Hall–Kier alpha value is -1.78. The second-order valence-electron chi connectivity index (χ2n) is 5.72. The second-order valence-corrected chi connectivity index (χ2v) is 5.72. The van der Waals surface area contributed by atoms with Crippen molar-refractivity contribution < 1.29 is 4.74 Å². The minimum atomic E-state index is 0.391. The van der Waals surface area contributed by atoms with Crippen molar-refractivity contribution in [3.63, 3.8) is 0 Å². The molecule has 2 aromatic heterocycles. The SMILES string of the molecule is COc1ccc2nc(N)n(C3CCCCCC3C)c2n1. The fourth-order valence-electron chi connectivity index (χ4n) is 3.27. The molecule has 1 fully saturated rings. The molecule has 1 aliphatic rings. The number of imidazole rings is 1. The molecule has 2 atom stereocenters. The summed E-state index contributed by atoms with van der Waals surface area (Å²) >= 11 is 0. The number of ether oxygens (including phenoxy) is 1. The summed E-state index contributed by atoms with van der Waals surface area (Å²) in [6.45, 7) is 2.31. The second kappa shape index (κ2) is 5.31. The third-order valence-corrected chi connectivity index (χ3v) is 4.40. The minimum absolute atomic E-state index is 0.391. The predicted molar refractivity (Wildman–Crippen MR) is 79.8 cm³/mol. The van der Waals surface area contributed by atoms with Gasteiger partial charge in [0, 0.05) is 12.1 Å². The Morgan fingerprint density at radius 2 is 2.00 bits per heavy atom. The van der Waals surface area contributed by atoms with E-state index in [1.165, 1.54) is 25.7 Å². The molecular formula is C15H22N4O. The first-order chi connectivity index (χ1) is 9.70. The van der Waals surface area contributed by atoms with Crippen LogP contribution in [0.1, 0.15) is 45.1 Å². The first-order valence-corrected chi connectivity index (χ1v) is 7.39. The topological polar surface area (TPSA) is 66.0 Å². The molecule has 3 rings (SSSR count). The van der Waals surface area contributed by atoms with Crippen LogP contribution in [0.15, 0.2) is 12.1 Å². The third kappa shape index (κ3) is 2.21. The van der Waals surface area contributed by atoms with Crippen LogP contribution in [-0.4, -0.2) is 21.6 Å². The summed E-state index contributed by atoms with van der Waals surface area (Å²) in [7, 11) is 1.63. The molecule has 20 heavy (non-hydrogen) atoms. The van der Waals surface area contributed by atoms with Gasteiger partial charge in [0.05, 0.1) is 7.11 Å². The molecule has 0 aliphatic heterocycles. The molecule has 1 saturated carbocycles. The Kier molecular flexibility index (Phi) is 3.51. The van der Waals surface area contributed by atoms with Gasteiger partial charge in [0.1, 0.15) is 5.52 Å². The number of nitrogen functional groups attached to an aromatic ring is 1. The number of nitrogens with zero attached hydrogens (tertiary/aromatic N) is 3. The number of methoxy groups -OCH3 is 1. The lowest BCUT2D eigenvalue weighted by atomic mass is 9.97. The lowest BCUT2D eigenvalue weighted by molar-refractivity contribution is 0.341. The van der Waals surface area contributed by atoms with Crippen LogP contribution in [0.4, 0.5) is 5.95 Å². The molecule has 5 heteroatoms. The Morgan fingerprint density at radius 1 is 1.20 bits per heavy atom. The summed E-state index contributed by atoms with van der Waals surface area (Å²) in [5.74, 6) is 1.78. The Morgan fingerprint density at radius 3 is 2.80 bits per heavy atom. The van der Waals surface area contributed by atoms with Gasteiger partial charge in [0.25, 0.3) is 0 Å². The van der Waals surface area contributed by atoms with Crippen molar-refractivity contribution in [1.82, 2.24) is 14.5 Å². The van der Waals surface area contributed by atoms with E-state index in [1.807, 2.05) is 12.1 Å². The smallest absolute Gasteiger partial charge is 0.215 e. The highest BCUT2D eigenvalue weighted by Gasteiger charge is 2.25. The van der Waals surface area contributed by atoms with Crippen LogP contribution >= 0.6 is 0 Å². The first-order valence-electron chi connectivity index (χ1n) is 7.39. The molecule has 0 amide bonds. The Labute approximate surface area is 119 Å². The van der Waals surface area contributed by atoms with Crippen molar-refractivity contribution in [2.45, 2.75) is 45.1 Å². The van der Waals surface area contributed by atoms with Crippen LogP contribution in [0.25, 0.3) is 11.2 Å². The number of pyridine rings is 1. The molecule has 2 heterocycles. The van der Waals surface area contributed by atoms with E-state index in [9.17, 15) is 0 Å². The molecule has 5 nitrogen and oxygen atoms in total. The van der Waals surface area contributed by atoms with Gasteiger partial charge in [-0.25, -0.2) is 4.98 Å². The highest BCUT2D eigenvalue weighted by Crippen LogP contribution is 2.36. The standard InChI is InChI=1S/C15H22N4O/c1-10-6-4-3-5-7-12(10)19-14-11(17-15(19)16)8-9-13(18-14)20-2/h8-10,12H,3-7H2,1-2H3,(H2,16,17). The van der Waals surface area contributed by atoms with Gasteiger partial charge in [-0.15, -0.1) is 0 Å². The zero-order valence-corrected chi connectivity index (χ0v) is 12.2. The number of aromatic nitrogens is 3. The number of fused-ring (bicyclic) bond motifs is 1. The van der Waals surface area contributed by atoms with E-state index in [1.54, 1.807) is 7.11 Å². The van der Waals surface area contributed by atoms with E-state index >= 15 is 0 Å². The maximum Gasteiger partial charge on any atom is 0.215 e. The van der Waals surface area contributed by atoms with Gasteiger partial charge in [0.15, 0.2) is 5.65 Å². The maximum absolute atomic E-state index is 6.16. The largest absolute Gasteiger partial charge is 0.481 e. The summed E-state index contributed by atoms with van der Waals surface area (Å²) in [5.41, 5.74) is 7.85. The molecule has 0 aromatic carbocycles.